The first-order valence-electron chi connectivity index (χ1n) is 4.34. The second kappa shape index (κ2) is 5.00. The number of halogens is 3. The molecule has 78 valence electrons. The maximum atomic E-state index is 13.3. The first-order valence-corrected chi connectivity index (χ1v) is 4.34. The van der Waals surface area contributed by atoms with Crippen molar-refractivity contribution in [3.63, 3.8) is 0 Å². The lowest BCUT2D eigenvalue weighted by molar-refractivity contribution is 0.145. The Labute approximate surface area is 80.9 Å². The van der Waals surface area contributed by atoms with Crippen LogP contribution in [0.1, 0.15) is 11.1 Å². The van der Waals surface area contributed by atoms with Gasteiger partial charge in [-0.3, -0.25) is 0 Å². The summed E-state index contributed by atoms with van der Waals surface area (Å²) in [6.07, 6.45) is -2.40. The summed E-state index contributed by atoms with van der Waals surface area (Å²) in [5, 5.41) is 2.48. The van der Waals surface area contributed by atoms with Gasteiger partial charge < -0.3 is 5.32 Å². The lowest BCUT2D eigenvalue weighted by Crippen LogP contribution is -2.21. The van der Waals surface area contributed by atoms with E-state index in [1.807, 2.05) is 0 Å². The van der Waals surface area contributed by atoms with Gasteiger partial charge in [0.2, 0.25) is 0 Å². The number of nitrogens with one attached hydrogen (secondary N) is 1. The smallest absolute Gasteiger partial charge is 0.250 e. The van der Waals surface area contributed by atoms with Crippen molar-refractivity contribution >= 4 is 0 Å². The lowest BCUT2D eigenvalue weighted by Gasteiger charge is -2.06. The molecule has 1 nitrogen and oxygen atoms in total. The Morgan fingerprint density at radius 1 is 1.36 bits per heavy atom. The Morgan fingerprint density at radius 3 is 2.71 bits per heavy atom. The molecule has 0 radical (unpaired) electrons. The summed E-state index contributed by atoms with van der Waals surface area (Å²) in [7, 11) is 0. The average Bonchev–Trinajstić information content (AvgIpc) is 2.12. The molecule has 0 aliphatic heterocycles. The Balaban J connectivity index is 2.54. The first kappa shape index (κ1) is 11.0. The monoisotopic (exact) mass is 203 g/mol. The van der Waals surface area contributed by atoms with Gasteiger partial charge in [0, 0.05) is 12.1 Å². The highest BCUT2D eigenvalue weighted by Crippen LogP contribution is 2.11. The molecule has 4 heteroatoms. The predicted molar refractivity (Wildman–Crippen MR) is 48.8 cm³/mol. The Kier molecular flexibility index (Phi) is 3.95. The molecule has 0 heterocycles. The highest BCUT2D eigenvalue weighted by atomic mass is 19.3. The summed E-state index contributed by atoms with van der Waals surface area (Å²) >= 11 is 0. The maximum absolute atomic E-state index is 13.3. The molecule has 1 aromatic rings. The number of hydrogen-bond acceptors (Lipinski definition) is 1. The Morgan fingerprint density at radius 2 is 2.07 bits per heavy atom. The summed E-state index contributed by atoms with van der Waals surface area (Å²) in [6, 6.07) is 4.94. The van der Waals surface area contributed by atoms with Gasteiger partial charge in [0.15, 0.2) is 0 Å². The fourth-order valence-electron chi connectivity index (χ4n) is 1.16. The Bertz CT molecular complexity index is 299. The normalized spacial score (nSPS) is 10.9. The largest absolute Gasteiger partial charge is 0.307 e. The standard InChI is InChI=1S/C10H12F3N/c1-7-3-2-4-8(10(7)13)5-14-6-9(11)12/h2-4,9,14H,5-6H2,1H3. The lowest BCUT2D eigenvalue weighted by atomic mass is 10.1. The van der Waals surface area contributed by atoms with E-state index in [1.54, 1.807) is 25.1 Å². The van der Waals surface area contributed by atoms with Crippen molar-refractivity contribution < 1.29 is 13.2 Å². The number of hydrogen-bond donors (Lipinski definition) is 1. The molecule has 0 aliphatic rings. The first-order chi connectivity index (χ1) is 6.61. The predicted octanol–water partition coefficient (Wildman–Crippen LogP) is 2.49. The summed E-state index contributed by atoms with van der Waals surface area (Å²) in [5.41, 5.74) is 0.951. The van der Waals surface area contributed by atoms with E-state index < -0.39 is 13.0 Å². The van der Waals surface area contributed by atoms with Gasteiger partial charge in [0.1, 0.15) is 5.82 Å². The summed E-state index contributed by atoms with van der Waals surface area (Å²) in [4.78, 5) is 0. The number of rotatable bonds is 4. The molecule has 0 saturated heterocycles. The van der Waals surface area contributed by atoms with Crippen LogP contribution in [0.3, 0.4) is 0 Å². The van der Waals surface area contributed by atoms with Crippen LogP contribution >= 0.6 is 0 Å². The molecule has 1 N–H and O–H groups in total. The van der Waals surface area contributed by atoms with Crippen LogP contribution in [0.2, 0.25) is 0 Å². The van der Waals surface area contributed by atoms with Crippen molar-refractivity contribution in [1.29, 1.82) is 0 Å². The summed E-state index contributed by atoms with van der Waals surface area (Å²) in [6.45, 7) is 1.37. The minimum Gasteiger partial charge on any atom is -0.307 e. The van der Waals surface area contributed by atoms with Gasteiger partial charge in [-0.15, -0.1) is 0 Å². The van der Waals surface area contributed by atoms with Gasteiger partial charge in [-0.05, 0) is 12.5 Å². The summed E-state index contributed by atoms with van der Waals surface area (Å²) < 4.78 is 36.8. The molecule has 0 amide bonds. The number of benzene rings is 1. The molecule has 0 fully saturated rings. The van der Waals surface area contributed by atoms with Gasteiger partial charge in [-0.1, -0.05) is 18.2 Å². The van der Waals surface area contributed by atoms with E-state index in [4.69, 9.17) is 0 Å². The topological polar surface area (TPSA) is 12.0 Å². The van der Waals surface area contributed by atoms with Crippen LogP contribution in [0.15, 0.2) is 18.2 Å². The van der Waals surface area contributed by atoms with Gasteiger partial charge >= 0.3 is 0 Å². The van der Waals surface area contributed by atoms with Gasteiger partial charge in [-0.25, -0.2) is 13.2 Å². The van der Waals surface area contributed by atoms with Crippen LogP contribution in [-0.4, -0.2) is 13.0 Å². The molecular formula is C10H12F3N. The molecule has 0 aromatic heterocycles. The third-order valence-electron chi connectivity index (χ3n) is 1.89. The summed E-state index contributed by atoms with van der Waals surface area (Å²) in [5.74, 6) is -0.325. The molecule has 0 bridgehead atoms. The van der Waals surface area contributed by atoms with Crippen LogP contribution in [-0.2, 0) is 6.54 Å². The van der Waals surface area contributed by atoms with Crippen molar-refractivity contribution in [1.82, 2.24) is 5.32 Å². The number of alkyl halides is 2. The van der Waals surface area contributed by atoms with E-state index in [0.29, 0.717) is 11.1 Å². The third kappa shape index (κ3) is 3.03. The second-order valence-electron chi connectivity index (χ2n) is 3.07. The maximum Gasteiger partial charge on any atom is 0.250 e. The molecule has 0 spiro atoms. The molecular weight excluding hydrogens is 191 g/mol. The molecule has 14 heavy (non-hydrogen) atoms. The van der Waals surface area contributed by atoms with Crippen molar-refractivity contribution in [2.45, 2.75) is 19.9 Å². The molecule has 0 aliphatic carbocycles. The van der Waals surface area contributed by atoms with E-state index in [1.165, 1.54) is 0 Å². The van der Waals surface area contributed by atoms with Gasteiger partial charge in [-0.2, -0.15) is 0 Å². The van der Waals surface area contributed by atoms with Crippen LogP contribution in [0.5, 0.6) is 0 Å². The van der Waals surface area contributed by atoms with Gasteiger partial charge in [0.05, 0.1) is 6.54 Å². The van der Waals surface area contributed by atoms with E-state index in [-0.39, 0.29) is 12.4 Å². The van der Waals surface area contributed by atoms with Crippen LogP contribution in [0.4, 0.5) is 13.2 Å². The van der Waals surface area contributed by atoms with Crippen molar-refractivity contribution in [3.8, 4) is 0 Å². The number of aryl methyl sites for hydroxylation is 1. The fourth-order valence-corrected chi connectivity index (χ4v) is 1.16. The molecule has 0 saturated carbocycles. The van der Waals surface area contributed by atoms with E-state index in [0.717, 1.165) is 0 Å². The zero-order chi connectivity index (χ0) is 10.6. The van der Waals surface area contributed by atoms with Gasteiger partial charge in [0.25, 0.3) is 6.43 Å². The highest BCUT2D eigenvalue weighted by Gasteiger charge is 2.05. The minimum atomic E-state index is -2.40. The van der Waals surface area contributed by atoms with Crippen LogP contribution in [0, 0.1) is 12.7 Å². The highest BCUT2D eigenvalue weighted by molar-refractivity contribution is 5.24. The molecule has 0 unspecified atom stereocenters. The Hall–Kier alpha value is -1.03. The van der Waals surface area contributed by atoms with Crippen LogP contribution < -0.4 is 5.32 Å². The quantitative estimate of drug-likeness (QED) is 0.792. The fraction of sp³-hybridized carbons (Fsp3) is 0.400. The van der Waals surface area contributed by atoms with Crippen molar-refractivity contribution in [2.75, 3.05) is 6.54 Å². The average molecular weight is 203 g/mol. The molecule has 1 rings (SSSR count). The van der Waals surface area contributed by atoms with Crippen molar-refractivity contribution in [2.24, 2.45) is 0 Å². The molecule has 1 aromatic carbocycles. The zero-order valence-electron chi connectivity index (χ0n) is 7.86. The minimum absolute atomic E-state index is 0.137. The van der Waals surface area contributed by atoms with Crippen LogP contribution in [0.25, 0.3) is 0 Å². The zero-order valence-corrected chi connectivity index (χ0v) is 7.86. The molecule has 0 atom stereocenters. The van der Waals surface area contributed by atoms with E-state index >= 15 is 0 Å². The SMILES string of the molecule is Cc1cccc(CNCC(F)F)c1F. The second-order valence-corrected chi connectivity index (χ2v) is 3.07. The van der Waals surface area contributed by atoms with E-state index in [2.05, 4.69) is 5.32 Å². The third-order valence-corrected chi connectivity index (χ3v) is 1.89. The van der Waals surface area contributed by atoms with Crippen molar-refractivity contribution in [3.05, 3.63) is 35.1 Å². The van der Waals surface area contributed by atoms with E-state index in [9.17, 15) is 13.2 Å².